The molecule has 1 aliphatic rings. The third kappa shape index (κ3) is 2.79. The summed E-state index contributed by atoms with van der Waals surface area (Å²) in [5.74, 6) is 0.120. The number of halogens is 1. The molecule has 0 amide bonds. The molecule has 1 aliphatic heterocycles. The van der Waals surface area contributed by atoms with Gasteiger partial charge in [0.25, 0.3) is 0 Å². The second kappa shape index (κ2) is 5.82. The Labute approximate surface area is 106 Å². The Morgan fingerprint density at radius 2 is 2.56 bits per heavy atom. The van der Waals surface area contributed by atoms with Gasteiger partial charge in [-0.1, -0.05) is 6.58 Å². The quantitative estimate of drug-likeness (QED) is 0.817. The highest BCUT2D eigenvalue weighted by molar-refractivity contribution is 5.61. The van der Waals surface area contributed by atoms with E-state index in [1.165, 1.54) is 0 Å². The SMILES string of the molecule is C=C(OCC)c1ccnc(N[C@H]2CCOC2)c1F. The van der Waals surface area contributed by atoms with E-state index in [1.54, 1.807) is 12.3 Å². The molecule has 0 aliphatic carbocycles. The van der Waals surface area contributed by atoms with Gasteiger partial charge in [0.2, 0.25) is 0 Å². The van der Waals surface area contributed by atoms with Crippen molar-refractivity contribution in [2.45, 2.75) is 19.4 Å². The van der Waals surface area contributed by atoms with Crippen LogP contribution in [-0.4, -0.2) is 30.8 Å². The Kier molecular flexibility index (Phi) is 4.15. The number of nitrogens with one attached hydrogen (secondary N) is 1. The fourth-order valence-corrected chi connectivity index (χ4v) is 1.85. The van der Waals surface area contributed by atoms with Crippen molar-refractivity contribution < 1.29 is 13.9 Å². The lowest BCUT2D eigenvalue weighted by atomic mass is 10.2. The highest BCUT2D eigenvalue weighted by Crippen LogP contribution is 2.23. The number of nitrogens with zero attached hydrogens (tertiary/aromatic N) is 1. The van der Waals surface area contributed by atoms with E-state index in [2.05, 4.69) is 16.9 Å². The number of anilines is 1. The molecule has 5 heteroatoms. The van der Waals surface area contributed by atoms with Gasteiger partial charge in [-0.05, 0) is 19.4 Å². The zero-order valence-electron chi connectivity index (χ0n) is 10.4. The van der Waals surface area contributed by atoms with E-state index in [4.69, 9.17) is 9.47 Å². The zero-order valence-corrected chi connectivity index (χ0v) is 10.4. The van der Waals surface area contributed by atoms with Crippen LogP contribution >= 0.6 is 0 Å². The molecule has 0 bridgehead atoms. The van der Waals surface area contributed by atoms with E-state index in [-0.39, 0.29) is 11.9 Å². The second-order valence-corrected chi connectivity index (χ2v) is 4.08. The molecule has 98 valence electrons. The van der Waals surface area contributed by atoms with Crippen LogP contribution < -0.4 is 5.32 Å². The van der Waals surface area contributed by atoms with Crippen LogP contribution in [0.5, 0.6) is 0 Å². The van der Waals surface area contributed by atoms with Crippen molar-refractivity contribution in [3.63, 3.8) is 0 Å². The molecule has 2 rings (SSSR count). The van der Waals surface area contributed by atoms with Crippen LogP contribution in [-0.2, 0) is 9.47 Å². The van der Waals surface area contributed by atoms with Crippen molar-refractivity contribution in [2.75, 3.05) is 25.1 Å². The third-order valence-corrected chi connectivity index (χ3v) is 2.78. The summed E-state index contributed by atoms with van der Waals surface area (Å²) in [4.78, 5) is 4.01. The number of aromatic nitrogens is 1. The van der Waals surface area contributed by atoms with Crippen LogP contribution in [0.4, 0.5) is 10.2 Å². The van der Waals surface area contributed by atoms with Gasteiger partial charge in [0, 0.05) is 12.8 Å². The van der Waals surface area contributed by atoms with Crippen molar-refractivity contribution in [2.24, 2.45) is 0 Å². The molecule has 1 fully saturated rings. The summed E-state index contributed by atoms with van der Waals surface area (Å²) < 4.78 is 24.6. The maximum Gasteiger partial charge on any atom is 0.176 e. The lowest BCUT2D eigenvalue weighted by Gasteiger charge is -2.14. The van der Waals surface area contributed by atoms with E-state index in [0.717, 1.165) is 6.42 Å². The van der Waals surface area contributed by atoms with Crippen molar-refractivity contribution in [1.82, 2.24) is 4.98 Å². The third-order valence-electron chi connectivity index (χ3n) is 2.78. The Balaban J connectivity index is 2.15. The molecular weight excluding hydrogens is 235 g/mol. The average Bonchev–Trinajstić information content (AvgIpc) is 2.85. The normalized spacial score (nSPS) is 18.7. The Hall–Kier alpha value is -1.62. The number of pyridine rings is 1. The number of rotatable bonds is 5. The molecule has 4 nitrogen and oxygen atoms in total. The highest BCUT2D eigenvalue weighted by Gasteiger charge is 2.19. The van der Waals surface area contributed by atoms with Crippen LogP contribution in [0.25, 0.3) is 5.76 Å². The molecule has 0 unspecified atom stereocenters. The van der Waals surface area contributed by atoms with Crippen molar-refractivity contribution in [1.29, 1.82) is 0 Å². The predicted octanol–water partition coefficient (Wildman–Crippen LogP) is 2.43. The van der Waals surface area contributed by atoms with Gasteiger partial charge < -0.3 is 14.8 Å². The van der Waals surface area contributed by atoms with E-state index in [9.17, 15) is 4.39 Å². The van der Waals surface area contributed by atoms with Crippen LogP contribution in [0.15, 0.2) is 18.8 Å². The van der Waals surface area contributed by atoms with E-state index < -0.39 is 5.82 Å². The highest BCUT2D eigenvalue weighted by atomic mass is 19.1. The molecule has 0 aromatic carbocycles. The summed E-state index contributed by atoms with van der Waals surface area (Å²) in [5, 5.41) is 3.04. The summed E-state index contributed by atoms with van der Waals surface area (Å²) in [6.07, 6.45) is 2.40. The molecule has 0 saturated carbocycles. The summed E-state index contributed by atoms with van der Waals surface area (Å²) in [6.45, 7) is 7.28. The maximum absolute atomic E-state index is 14.2. The van der Waals surface area contributed by atoms with Crippen LogP contribution in [0.1, 0.15) is 18.9 Å². The smallest absolute Gasteiger partial charge is 0.176 e. The molecule has 0 spiro atoms. The molecule has 1 atom stereocenters. The molecular formula is C13H17FN2O2. The van der Waals surface area contributed by atoms with Gasteiger partial charge in [0.15, 0.2) is 11.6 Å². The van der Waals surface area contributed by atoms with Crippen LogP contribution in [0.3, 0.4) is 0 Å². The van der Waals surface area contributed by atoms with E-state index in [0.29, 0.717) is 31.1 Å². The monoisotopic (exact) mass is 252 g/mol. The summed E-state index contributed by atoms with van der Waals surface area (Å²) in [7, 11) is 0. The summed E-state index contributed by atoms with van der Waals surface area (Å²) in [5.41, 5.74) is 0.341. The van der Waals surface area contributed by atoms with Crippen molar-refractivity contribution in [3.05, 3.63) is 30.2 Å². The lowest BCUT2D eigenvalue weighted by molar-refractivity contribution is 0.195. The molecule has 1 aromatic rings. The molecule has 1 aromatic heterocycles. The first-order chi connectivity index (χ1) is 8.72. The second-order valence-electron chi connectivity index (χ2n) is 4.08. The van der Waals surface area contributed by atoms with Gasteiger partial charge in [0.05, 0.1) is 24.8 Å². The van der Waals surface area contributed by atoms with Crippen LogP contribution in [0, 0.1) is 5.82 Å². The minimum absolute atomic E-state index is 0.114. The molecule has 1 N–H and O–H groups in total. The van der Waals surface area contributed by atoms with Crippen LogP contribution in [0.2, 0.25) is 0 Å². The van der Waals surface area contributed by atoms with Crippen molar-refractivity contribution in [3.8, 4) is 0 Å². The fourth-order valence-electron chi connectivity index (χ4n) is 1.85. The first kappa shape index (κ1) is 12.8. The first-order valence-corrected chi connectivity index (χ1v) is 6.03. The summed E-state index contributed by atoms with van der Waals surface area (Å²) >= 11 is 0. The van der Waals surface area contributed by atoms with E-state index in [1.807, 2.05) is 6.92 Å². The maximum atomic E-state index is 14.2. The molecule has 0 radical (unpaired) electrons. The summed E-state index contributed by atoms with van der Waals surface area (Å²) in [6, 6.07) is 1.67. The predicted molar refractivity (Wildman–Crippen MR) is 67.7 cm³/mol. The standard InChI is InChI=1S/C13H17FN2O2/c1-3-18-9(2)11-4-6-15-13(12(11)14)16-10-5-7-17-8-10/h4,6,10H,2-3,5,7-8H2,1H3,(H,15,16)/t10-/m0/s1. The Morgan fingerprint density at radius 1 is 1.72 bits per heavy atom. The van der Waals surface area contributed by atoms with Crippen molar-refractivity contribution >= 4 is 11.6 Å². The van der Waals surface area contributed by atoms with Gasteiger partial charge in [-0.3, -0.25) is 0 Å². The zero-order chi connectivity index (χ0) is 13.0. The minimum Gasteiger partial charge on any atom is -0.494 e. The molecule has 18 heavy (non-hydrogen) atoms. The molecule has 1 saturated heterocycles. The number of ether oxygens (including phenoxy) is 2. The van der Waals surface area contributed by atoms with Gasteiger partial charge in [-0.25, -0.2) is 9.37 Å². The van der Waals surface area contributed by atoms with Gasteiger partial charge in [-0.2, -0.15) is 0 Å². The number of hydrogen-bond donors (Lipinski definition) is 1. The van der Waals surface area contributed by atoms with Gasteiger partial charge >= 0.3 is 0 Å². The largest absolute Gasteiger partial charge is 0.494 e. The Bertz CT molecular complexity index is 431. The lowest BCUT2D eigenvalue weighted by Crippen LogP contribution is -2.21. The molecule has 2 heterocycles. The van der Waals surface area contributed by atoms with Gasteiger partial charge in [0.1, 0.15) is 5.76 Å². The van der Waals surface area contributed by atoms with Gasteiger partial charge in [-0.15, -0.1) is 0 Å². The number of hydrogen-bond acceptors (Lipinski definition) is 4. The first-order valence-electron chi connectivity index (χ1n) is 6.03. The minimum atomic E-state index is -0.428. The average molecular weight is 252 g/mol. The fraction of sp³-hybridized carbons (Fsp3) is 0.462. The van der Waals surface area contributed by atoms with E-state index >= 15 is 0 Å². The Morgan fingerprint density at radius 3 is 3.22 bits per heavy atom. The topological polar surface area (TPSA) is 43.4 Å².